The van der Waals surface area contributed by atoms with Crippen LogP contribution in [0.25, 0.3) is 11.1 Å². The molecule has 4 rings (SSSR count). The van der Waals surface area contributed by atoms with E-state index < -0.39 is 47.0 Å². The van der Waals surface area contributed by atoms with E-state index in [0.717, 1.165) is 6.07 Å². The van der Waals surface area contributed by atoms with Crippen molar-refractivity contribution in [3.63, 3.8) is 0 Å². The average molecular weight is 488 g/mol. The Morgan fingerprint density at radius 3 is 2.40 bits per heavy atom. The van der Waals surface area contributed by atoms with Gasteiger partial charge in [-0.25, -0.2) is 0 Å². The minimum atomic E-state index is -4.52. The SMILES string of the molecule is O=C(O)CNC(=O)c1c(O)c2c(n(Cc3ccc(-c4ccccc4C(F)(F)F)cc3)c1=O)COC2. The first-order chi connectivity index (χ1) is 16.6. The van der Waals surface area contributed by atoms with E-state index in [0.29, 0.717) is 16.8 Å². The second-order valence-corrected chi connectivity index (χ2v) is 7.85. The fraction of sp³-hybridized carbons (Fsp3) is 0.208. The van der Waals surface area contributed by atoms with Crippen LogP contribution in [0.4, 0.5) is 13.2 Å². The van der Waals surface area contributed by atoms with Crippen LogP contribution in [-0.2, 0) is 35.5 Å². The van der Waals surface area contributed by atoms with E-state index in [1.807, 2.05) is 0 Å². The van der Waals surface area contributed by atoms with Crippen LogP contribution in [0.1, 0.15) is 32.7 Å². The van der Waals surface area contributed by atoms with E-state index in [9.17, 15) is 32.7 Å². The first kappa shape index (κ1) is 24.0. The Morgan fingerprint density at radius 1 is 1.06 bits per heavy atom. The molecule has 11 heteroatoms. The van der Waals surface area contributed by atoms with Crippen LogP contribution >= 0.6 is 0 Å². The number of hydrogen-bond donors (Lipinski definition) is 3. The number of benzene rings is 2. The molecule has 2 heterocycles. The van der Waals surface area contributed by atoms with E-state index in [1.54, 1.807) is 12.1 Å². The fourth-order valence-corrected chi connectivity index (χ4v) is 3.95. The molecular formula is C24H19F3N2O6. The normalized spacial score (nSPS) is 12.9. The Bertz CT molecular complexity index is 1360. The lowest BCUT2D eigenvalue weighted by Gasteiger charge is -2.16. The number of alkyl halides is 3. The van der Waals surface area contributed by atoms with Gasteiger partial charge in [0.25, 0.3) is 11.5 Å². The minimum absolute atomic E-state index is 0.00615. The highest BCUT2D eigenvalue weighted by Crippen LogP contribution is 2.37. The molecule has 182 valence electrons. The Hall–Kier alpha value is -4.12. The van der Waals surface area contributed by atoms with Gasteiger partial charge in [0.2, 0.25) is 0 Å². The highest BCUT2D eigenvalue weighted by Gasteiger charge is 2.33. The van der Waals surface area contributed by atoms with Crippen molar-refractivity contribution in [3.8, 4) is 16.9 Å². The number of aromatic nitrogens is 1. The molecule has 0 aliphatic carbocycles. The molecule has 0 saturated heterocycles. The number of carbonyl (C=O) groups excluding carboxylic acids is 1. The van der Waals surface area contributed by atoms with E-state index in [4.69, 9.17) is 9.84 Å². The maximum Gasteiger partial charge on any atom is 0.417 e. The number of carboxylic acid groups (broad SMARTS) is 1. The molecule has 3 aromatic rings. The van der Waals surface area contributed by atoms with E-state index in [1.165, 1.54) is 34.9 Å². The van der Waals surface area contributed by atoms with Crippen LogP contribution in [0.15, 0.2) is 53.3 Å². The number of fused-ring (bicyclic) bond motifs is 1. The van der Waals surface area contributed by atoms with Crippen molar-refractivity contribution < 1.29 is 37.7 Å². The number of hydrogen-bond acceptors (Lipinski definition) is 5. The van der Waals surface area contributed by atoms with Crippen LogP contribution < -0.4 is 10.9 Å². The highest BCUT2D eigenvalue weighted by molar-refractivity contribution is 5.98. The minimum Gasteiger partial charge on any atom is -0.506 e. The zero-order valence-corrected chi connectivity index (χ0v) is 18.1. The number of rotatable bonds is 6. The molecule has 0 unspecified atom stereocenters. The van der Waals surface area contributed by atoms with Gasteiger partial charge >= 0.3 is 12.1 Å². The number of nitrogens with zero attached hydrogens (tertiary/aromatic N) is 1. The van der Waals surface area contributed by atoms with Gasteiger partial charge in [-0.1, -0.05) is 42.5 Å². The first-order valence-electron chi connectivity index (χ1n) is 10.4. The summed E-state index contributed by atoms with van der Waals surface area (Å²) in [6, 6.07) is 11.3. The molecule has 1 aliphatic rings. The van der Waals surface area contributed by atoms with Gasteiger partial charge in [-0.05, 0) is 22.8 Å². The van der Waals surface area contributed by atoms with Gasteiger partial charge in [0.05, 0.1) is 31.0 Å². The zero-order valence-electron chi connectivity index (χ0n) is 18.1. The summed E-state index contributed by atoms with van der Waals surface area (Å²) in [6.45, 7) is -0.836. The molecular weight excluding hydrogens is 469 g/mol. The average Bonchev–Trinajstić information content (AvgIpc) is 3.31. The molecule has 8 nitrogen and oxygen atoms in total. The molecule has 1 amide bonds. The second kappa shape index (κ2) is 9.26. The lowest BCUT2D eigenvalue weighted by molar-refractivity contribution is -0.137. The fourth-order valence-electron chi connectivity index (χ4n) is 3.95. The summed E-state index contributed by atoms with van der Waals surface area (Å²) in [6.07, 6.45) is -4.52. The van der Waals surface area contributed by atoms with Gasteiger partial charge in [-0.3, -0.25) is 14.4 Å². The van der Waals surface area contributed by atoms with Crippen LogP contribution in [0.2, 0.25) is 0 Å². The van der Waals surface area contributed by atoms with Crippen LogP contribution in [-0.4, -0.2) is 33.2 Å². The summed E-state index contributed by atoms with van der Waals surface area (Å²) < 4.78 is 46.7. The molecule has 0 spiro atoms. The standard InChI is InChI=1S/C24H19F3N2O6/c25-24(26,27)17-4-2-1-3-15(17)14-7-5-13(6-8-14)10-29-18-12-35-11-16(18)21(32)20(23(29)34)22(33)28-9-19(30)31/h1-8,32H,9-12H2,(H,28,33)(H,30,31). The van der Waals surface area contributed by atoms with Gasteiger partial charge in [-0.2, -0.15) is 13.2 Å². The molecule has 2 aromatic carbocycles. The molecule has 3 N–H and O–H groups in total. The summed E-state index contributed by atoms with van der Waals surface area (Å²) in [4.78, 5) is 36.3. The molecule has 35 heavy (non-hydrogen) atoms. The first-order valence-corrected chi connectivity index (χ1v) is 10.4. The lowest BCUT2D eigenvalue weighted by atomic mass is 9.98. The molecule has 0 radical (unpaired) electrons. The highest BCUT2D eigenvalue weighted by atomic mass is 19.4. The van der Waals surface area contributed by atoms with Crippen LogP contribution in [0, 0.1) is 0 Å². The lowest BCUT2D eigenvalue weighted by Crippen LogP contribution is -2.37. The number of amides is 1. The number of aliphatic carboxylic acids is 1. The molecule has 0 fully saturated rings. The second-order valence-electron chi connectivity index (χ2n) is 7.85. The summed E-state index contributed by atoms with van der Waals surface area (Å²) in [5.74, 6) is -2.94. The van der Waals surface area contributed by atoms with Crippen molar-refractivity contribution in [1.29, 1.82) is 0 Å². The number of pyridine rings is 1. The number of halogens is 3. The monoisotopic (exact) mass is 488 g/mol. The van der Waals surface area contributed by atoms with Gasteiger partial charge in [0.15, 0.2) is 0 Å². The summed E-state index contributed by atoms with van der Waals surface area (Å²) in [5.41, 5.74) is -0.726. The van der Waals surface area contributed by atoms with Gasteiger partial charge in [0, 0.05) is 5.56 Å². The van der Waals surface area contributed by atoms with Crippen LogP contribution in [0.5, 0.6) is 5.75 Å². The third-order valence-electron chi connectivity index (χ3n) is 5.61. The Labute approximate surface area is 196 Å². The van der Waals surface area contributed by atoms with E-state index in [-0.39, 0.29) is 30.9 Å². The number of carboxylic acids is 1. The maximum atomic E-state index is 13.4. The Kier molecular flexibility index (Phi) is 6.35. The number of ether oxygens (including phenoxy) is 1. The van der Waals surface area contributed by atoms with Crippen molar-refractivity contribution >= 4 is 11.9 Å². The van der Waals surface area contributed by atoms with Gasteiger partial charge < -0.3 is 24.8 Å². The van der Waals surface area contributed by atoms with E-state index >= 15 is 0 Å². The zero-order chi connectivity index (χ0) is 25.3. The van der Waals surface area contributed by atoms with Crippen molar-refractivity contribution in [3.05, 3.63) is 86.8 Å². The number of carbonyl (C=O) groups is 2. The van der Waals surface area contributed by atoms with Gasteiger partial charge in [-0.15, -0.1) is 0 Å². The molecule has 1 aromatic heterocycles. The third-order valence-corrected chi connectivity index (χ3v) is 5.61. The summed E-state index contributed by atoms with van der Waals surface area (Å²) >= 11 is 0. The van der Waals surface area contributed by atoms with Gasteiger partial charge in [0.1, 0.15) is 17.9 Å². The summed E-state index contributed by atoms with van der Waals surface area (Å²) in [7, 11) is 0. The molecule has 0 saturated carbocycles. The van der Waals surface area contributed by atoms with Crippen molar-refractivity contribution in [2.75, 3.05) is 6.54 Å². The predicted octanol–water partition coefficient (Wildman–Crippen LogP) is 3.13. The predicted molar refractivity (Wildman–Crippen MR) is 117 cm³/mol. The smallest absolute Gasteiger partial charge is 0.417 e. The Morgan fingerprint density at radius 2 is 1.74 bits per heavy atom. The Balaban J connectivity index is 1.70. The van der Waals surface area contributed by atoms with Crippen LogP contribution in [0.3, 0.4) is 0 Å². The summed E-state index contributed by atoms with van der Waals surface area (Å²) in [5, 5.41) is 21.3. The number of nitrogens with one attached hydrogen (secondary N) is 1. The topological polar surface area (TPSA) is 118 Å². The van der Waals surface area contributed by atoms with Crippen molar-refractivity contribution in [2.45, 2.75) is 25.9 Å². The molecule has 1 aliphatic heterocycles. The third kappa shape index (κ3) is 4.76. The van der Waals surface area contributed by atoms with E-state index in [2.05, 4.69) is 5.32 Å². The molecule has 0 bridgehead atoms. The van der Waals surface area contributed by atoms with Crippen molar-refractivity contribution in [1.82, 2.24) is 9.88 Å². The largest absolute Gasteiger partial charge is 0.506 e. The molecule has 0 atom stereocenters. The van der Waals surface area contributed by atoms with Crippen molar-refractivity contribution in [2.24, 2.45) is 0 Å². The maximum absolute atomic E-state index is 13.4. The number of aromatic hydroxyl groups is 1. The quantitative estimate of drug-likeness (QED) is 0.491.